The SMILES string of the molecule is C=CC(C)([SiH3])c1cccc(C)c1C. The maximum absolute atomic E-state index is 3.91. The minimum absolute atomic E-state index is 0.218. The fraction of sp³-hybridized carbons (Fsp3) is 0.333. The Hall–Kier alpha value is -0.823. The Kier molecular flexibility index (Phi) is 2.76. The van der Waals surface area contributed by atoms with Gasteiger partial charge in [0.05, 0.1) is 0 Å². The quantitative estimate of drug-likeness (QED) is 0.495. The van der Waals surface area contributed by atoms with Crippen molar-refractivity contribution in [3.63, 3.8) is 0 Å². The van der Waals surface area contributed by atoms with Crippen molar-refractivity contribution < 1.29 is 0 Å². The molecule has 0 spiro atoms. The second kappa shape index (κ2) is 3.50. The Bertz CT molecular complexity index is 324. The molecular weight excluding hydrogens is 172 g/mol. The summed E-state index contributed by atoms with van der Waals surface area (Å²) < 4.78 is 0. The van der Waals surface area contributed by atoms with E-state index in [2.05, 4.69) is 51.6 Å². The maximum atomic E-state index is 3.91. The summed E-state index contributed by atoms with van der Waals surface area (Å²) in [7, 11) is 1.11. The molecule has 0 heterocycles. The Labute approximate surface area is 84.1 Å². The van der Waals surface area contributed by atoms with Gasteiger partial charge in [0.25, 0.3) is 0 Å². The molecule has 1 aromatic carbocycles. The first-order chi connectivity index (χ1) is 5.99. The summed E-state index contributed by atoms with van der Waals surface area (Å²) in [5.74, 6) is 0. The molecule has 0 bridgehead atoms. The average Bonchev–Trinajstić information content (AvgIpc) is 2.09. The molecule has 0 nitrogen and oxygen atoms in total. The van der Waals surface area contributed by atoms with Crippen molar-refractivity contribution in [2.24, 2.45) is 0 Å². The van der Waals surface area contributed by atoms with Crippen LogP contribution in [-0.4, -0.2) is 10.2 Å². The van der Waals surface area contributed by atoms with Gasteiger partial charge in [-0.15, -0.1) is 6.58 Å². The third-order valence-corrected chi connectivity index (χ3v) is 3.76. The summed E-state index contributed by atoms with van der Waals surface area (Å²) in [6, 6.07) is 6.52. The van der Waals surface area contributed by atoms with Crippen molar-refractivity contribution >= 4 is 10.2 Å². The number of aryl methyl sites for hydroxylation is 1. The molecule has 0 N–H and O–H groups in total. The minimum Gasteiger partial charge on any atom is -0.103 e. The summed E-state index contributed by atoms with van der Waals surface area (Å²) in [5, 5.41) is 0.218. The summed E-state index contributed by atoms with van der Waals surface area (Å²) in [4.78, 5) is 0. The monoisotopic (exact) mass is 190 g/mol. The van der Waals surface area contributed by atoms with E-state index in [-0.39, 0.29) is 5.04 Å². The summed E-state index contributed by atoms with van der Waals surface area (Å²) in [6.07, 6.45) is 2.07. The second-order valence-electron chi connectivity index (χ2n) is 4.17. The lowest BCUT2D eigenvalue weighted by molar-refractivity contribution is 0.849. The minimum atomic E-state index is 0.218. The van der Waals surface area contributed by atoms with E-state index in [1.165, 1.54) is 16.7 Å². The number of rotatable bonds is 2. The molecule has 1 heteroatoms. The lowest BCUT2D eigenvalue weighted by Gasteiger charge is -2.23. The van der Waals surface area contributed by atoms with Crippen molar-refractivity contribution in [2.45, 2.75) is 25.8 Å². The van der Waals surface area contributed by atoms with Gasteiger partial charge in [0.15, 0.2) is 0 Å². The van der Waals surface area contributed by atoms with Crippen LogP contribution in [0.15, 0.2) is 30.9 Å². The van der Waals surface area contributed by atoms with Crippen molar-refractivity contribution in [3.05, 3.63) is 47.5 Å². The molecule has 1 aromatic rings. The van der Waals surface area contributed by atoms with Gasteiger partial charge in [0.1, 0.15) is 0 Å². The topological polar surface area (TPSA) is 0 Å². The highest BCUT2D eigenvalue weighted by atomic mass is 28.1. The Morgan fingerprint density at radius 1 is 1.38 bits per heavy atom. The fourth-order valence-electron chi connectivity index (χ4n) is 1.56. The lowest BCUT2D eigenvalue weighted by Crippen LogP contribution is -2.20. The van der Waals surface area contributed by atoms with Crippen LogP contribution in [0.1, 0.15) is 23.6 Å². The predicted molar refractivity (Wildman–Crippen MR) is 63.4 cm³/mol. The number of hydrogen-bond donors (Lipinski definition) is 0. The highest BCUT2D eigenvalue weighted by molar-refractivity contribution is 6.17. The van der Waals surface area contributed by atoms with Crippen molar-refractivity contribution in [1.82, 2.24) is 0 Å². The van der Waals surface area contributed by atoms with Crippen LogP contribution in [0.4, 0.5) is 0 Å². The van der Waals surface area contributed by atoms with Crippen LogP contribution in [0, 0.1) is 13.8 Å². The van der Waals surface area contributed by atoms with Crippen molar-refractivity contribution in [3.8, 4) is 0 Å². The molecule has 0 aromatic heterocycles. The average molecular weight is 190 g/mol. The molecule has 0 saturated carbocycles. The molecule has 1 atom stereocenters. The third-order valence-electron chi connectivity index (χ3n) is 2.81. The van der Waals surface area contributed by atoms with E-state index >= 15 is 0 Å². The zero-order chi connectivity index (χ0) is 10.1. The molecule has 0 amide bonds. The lowest BCUT2D eigenvalue weighted by atomic mass is 9.93. The number of hydrogen-bond acceptors (Lipinski definition) is 0. The van der Waals surface area contributed by atoms with E-state index in [4.69, 9.17) is 0 Å². The van der Waals surface area contributed by atoms with Crippen LogP contribution in [0.3, 0.4) is 0 Å². The van der Waals surface area contributed by atoms with E-state index < -0.39 is 0 Å². The van der Waals surface area contributed by atoms with Crippen molar-refractivity contribution in [1.29, 1.82) is 0 Å². The molecule has 0 radical (unpaired) electrons. The van der Waals surface area contributed by atoms with Crippen LogP contribution in [0.2, 0.25) is 0 Å². The smallest absolute Gasteiger partial charge is 0.0206 e. The highest BCUT2D eigenvalue weighted by Crippen LogP contribution is 2.25. The molecule has 1 rings (SSSR count). The van der Waals surface area contributed by atoms with E-state index in [1.807, 2.05) is 0 Å². The van der Waals surface area contributed by atoms with E-state index in [0.29, 0.717) is 0 Å². The van der Waals surface area contributed by atoms with E-state index in [9.17, 15) is 0 Å². The molecule has 0 aliphatic heterocycles. The Morgan fingerprint density at radius 3 is 2.54 bits per heavy atom. The number of allylic oxidation sites excluding steroid dienone is 1. The first-order valence-electron chi connectivity index (χ1n) is 4.69. The molecule has 13 heavy (non-hydrogen) atoms. The fourth-order valence-corrected chi connectivity index (χ4v) is 2.10. The summed E-state index contributed by atoms with van der Waals surface area (Å²) >= 11 is 0. The van der Waals surface area contributed by atoms with E-state index in [0.717, 1.165) is 10.2 Å². The largest absolute Gasteiger partial charge is 0.103 e. The third kappa shape index (κ3) is 1.91. The predicted octanol–water partition coefficient (Wildman–Crippen LogP) is 2.07. The van der Waals surface area contributed by atoms with Gasteiger partial charge in [-0.2, -0.15) is 0 Å². The van der Waals surface area contributed by atoms with Crippen LogP contribution in [0.5, 0.6) is 0 Å². The van der Waals surface area contributed by atoms with Gasteiger partial charge in [-0.3, -0.25) is 0 Å². The van der Waals surface area contributed by atoms with Crippen LogP contribution >= 0.6 is 0 Å². The summed E-state index contributed by atoms with van der Waals surface area (Å²) in [5.41, 5.74) is 4.23. The van der Waals surface area contributed by atoms with Gasteiger partial charge in [-0.25, -0.2) is 0 Å². The van der Waals surface area contributed by atoms with Gasteiger partial charge >= 0.3 is 0 Å². The molecule has 0 saturated heterocycles. The zero-order valence-electron chi connectivity index (χ0n) is 9.02. The first kappa shape index (κ1) is 10.3. The second-order valence-corrected chi connectivity index (χ2v) is 6.25. The van der Waals surface area contributed by atoms with Gasteiger partial charge in [-0.05, 0) is 35.6 Å². The van der Waals surface area contributed by atoms with Gasteiger partial charge in [0, 0.05) is 10.2 Å². The van der Waals surface area contributed by atoms with Gasteiger partial charge < -0.3 is 0 Å². The Balaban J connectivity index is 3.30. The van der Waals surface area contributed by atoms with Crippen LogP contribution < -0.4 is 0 Å². The molecule has 0 aliphatic rings. The Morgan fingerprint density at radius 2 is 2.00 bits per heavy atom. The number of benzene rings is 1. The van der Waals surface area contributed by atoms with E-state index in [1.54, 1.807) is 0 Å². The zero-order valence-corrected chi connectivity index (χ0v) is 11.0. The van der Waals surface area contributed by atoms with Crippen LogP contribution in [-0.2, 0) is 5.04 Å². The molecule has 70 valence electrons. The molecule has 0 aliphatic carbocycles. The molecule has 0 fully saturated rings. The normalized spacial score (nSPS) is 15.3. The first-order valence-corrected chi connectivity index (χ1v) is 5.69. The van der Waals surface area contributed by atoms with Gasteiger partial charge in [-0.1, -0.05) is 31.2 Å². The maximum Gasteiger partial charge on any atom is 0.0206 e. The molecular formula is C12H18Si. The van der Waals surface area contributed by atoms with Crippen LogP contribution in [0.25, 0.3) is 0 Å². The highest BCUT2D eigenvalue weighted by Gasteiger charge is 2.18. The molecule has 1 unspecified atom stereocenters. The van der Waals surface area contributed by atoms with Gasteiger partial charge in [0.2, 0.25) is 0 Å². The standard InChI is InChI=1S/C12H18Si/c1-5-12(4,13)11-8-6-7-9(2)10(11)3/h5-8H,1H2,2-4,13H3. The van der Waals surface area contributed by atoms with Crippen molar-refractivity contribution in [2.75, 3.05) is 0 Å². The summed E-state index contributed by atoms with van der Waals surface area (Å²) in [6.45, 7) is 10.5.